The predicted molar refractivity (Wildman–Crippen MR) is 146 cm³/mol. The first-order valence-corrected chi connectivity index (χ1v) is 14.3. The molecule has 0 aliphatic heterocycles. The highest BCUT2D eigenvalue weighted by Gasteiger charge is 2.25. The third kappa shape index (κ3) is 4.85. The molecule has 7 nitrogen and oxygen atoms in total. The van der Waals surface area contributed by atoms with Gasteiger partial charge in [-0.2, -0.15) is 0 Å². The van der Waals surface area contributed by atoms with Crippen LogP contribution in [0.2, 0.25) is 0 Å². The quantitative estimate of drug-likeness (QED) is 0.164. The number of hydrogen-bond acceptors (Lipinski definition) is 9. The number of rotatable bonds is 8. The normalized spacial score (nSPS) is 12.5. The number of aryl methyl sites for hydroxylation is 3. The predicted octanol–water partition coefficient (Wildman–Crippen LogP) is 6.13. The van der Waals surface area contributed by atoms with Gasteiger partial charge in [0.05, 0.1) is 19.5 Å². The Kier molecular flexibility index (Phi) is 7.27. The van der Waals surface area contributed by atoms with E-state index in [0.717, 1.165) is 45.8 Å². The molecule has 4 aromatic rings. The first-order chi connectivity index (χ1) is 17.5. The zero-order valence-corrected chi connectivity index (χ0v) is 22.6. The third-order valence-corrected chi connectivity index (χ3v) is 8.96. The smallest absolute Gasteiger partial charge is 0.341 e. The minimum Gasteiger partial charge on any atom is -0.497 e. The van der Waals surface area contributed by atoms with Crippen molar-refractivity contribution in [1.82, 2.24) is 9.97 Å². The highest BCUT2D eigenvalue weighted by molar-refractivity contribution is 8.00. The summed E-state index contributed by atoms with van der Waals surface area (Å²) >= 11 is 4.46. The average Bonchev–Trinajstić information content (AvgIpc) is 3.57. The van der Waals surface area contributed by atoms with Gasteiger partial charge in [0.25, 0.3) is 0 Å². The molecule has 3 aromatic heterocycles. The number of anilines is 1. The van der Waals surface area contributed by atoms with Gasteiger partial charge in [0.1, 0.15) is 32.0 Å². The largest absolute Gasteiger partial charge is 0.497 e. The van der Waals surface area contributed by atoms with Crippen LogP contribution < -0.4 is 10.1 Å². The number of nitrogens with zero attached hydrogens (tertiary/aromatic N) is 2. The van der Waals surface area contributed by atoms with E-state index in [1.807, 2.05) is 36.6 Å². The maximum Gasteiger partial charge on any atom is 0.341 e. The number of esters is 1. The van der Waals surface area contributed by atoms with Crippen molar-refractivity contribution in [2.75, 3.05) is 24.8 Å². The number of fused-ring (bicyclic) bond motifs is 3. The Hall–Kier alpha value is -2.95. The van der Waals surface area contributed by atoms with E-state index >= 15 is 0 Å². The van der Waals surface area contributed by atoms with Crippen LogP contribution in [0, 0.1) is 6.92 Å². The van der Waals surface area contributed by atoms with Gasteiger partial charge in [-0.25, -0.2) is 14.8 Å². The van der Waals surface area contributed by atoms with Gasteiger partial charge in [0.15, 0.2) is 0 Å². The molecule has 10 heteroatoms. The van der Waals surface area contributed by atoms with Gasteiger partial charge in [-0.15, -0.1) is 22.7 Å². The number of aromatic nitrogens is 2. The number of ether oxygens (including phenoxy) is 2. The van der Waals surface area contributed by atoms with Crippen LogP contribution in [0.1, 0.15) is 40.0 Å². The fourth-order valence-corrected chi connectivity index (χ4v) is 7.55. The number of thioether (sulfide) groups is 1. The molecule has 186 valence electrons. The Balaban J connectivity index is 1.37. The van der Waals surface area contributed by atoms with E-state index in [0.29, 0.717) is 22.0 Å². The van der Waals surface area contributed by atoms with Crippen LogP contribution in [-0.4, -0.2) is 41.3 Å². The van der Waals surface area contributed by atoms with E-state index in [9.17, 15) is 9.59 Å². The third-order valence-electron chi connectivity index (χ3n) is 5.91. The Morgan fingerprint density at radius 1 is 1.17 bits per heavy atom. The summed E-state index contributed by atoms with van der Waals surface area (Å²) in [5, 5.41) is 7.22. The zero-order chi connectivity index (χ0) is 25.2. The van der Waals surface area contributed by atoms with Gasteiger partial charge in [-0.3, -0.25) is 4.79 Å². The zero-order valence-electron chi connectivity index (χ0n) is 20.2. The number of amides is 1. The Morgan fingerprint density at radius 3 is 2.72 bits per heavy atom. The van der Waals surface area contributed by atoms with Gasteiger partial charge < -0.3 is 14.8 Å². The second-order valence-electron chi connectivity index (χ2n) is 8.25. The highest BCUT2D eigenvalue weighted by Crippen LogP contribution is 2.41. The highest BCUT2D eigenvalue weighted by atomic mass is 32.2. The molecule has 1 N–H and O–H groups in total. The molecule has 0 radical (unpaired) electrons. The Morgan fingerprint density at radius 2 is 1.97 bits per heavy atom. The molecule has 0 unspecified atom stereocenters. The van der Waals surface area contributed by atoms with E-state index in [4.69, 9.17) is 9.47 Å². The maximum absolute atomic E-state index is 13.0. The topological polar surface area (TPSA) is 90.4 Å². The van der Waals surface area contributed by atoms with E-state index < -0.39 is 5.97 Å². The number of carbonyl (C=O) groups excluding carboxylic acids is 2. The SMILES string of the molecule is CCOC(=O)c1c(-c2ccc(OC)cc2)csc1NC(=O)CSc1nc(C)nc2sc3c(c12)CCC3. The van der Waals surface area contributed by atoms with Crippen LogP contribution in [0.15, 0.2) is 34.7 Å². The molecule has 36 heavy (non-hydrogen) atoms. The fraction of sp³-hybridized carbons (Fsp3) is 0.308. The Bertz CT molecular complexity index is 1440. The van der Waals surface area contributed by atoms with Crippen molar-refractivity contribution in [2.24, 2.45) is 0 Å². The van der Waals surface area contributed by atoms with Crippen molar-refractivity contribution in [3.63, 3.8) is 0 Å². The van der Waals surface area contributed by atoms with Crippen LogP contribution in [0.5, 0.6) is 5.75 Å². The lowest BCUT2D eigenvalue weighted by Crippen LogP contribution is -2.16. The fourth-order valence-electron chi connectivity index (χ4n) is 4.30. The first kappa shape index (κ1) is 24.7. The monoisotopic (exact) mass is 539 g/mol. The lowest BCUT2D eigenvalue weighted by atomic mass is 10.0. The minimum absolute atomic E-state index is 0.175. The van der Waals surface area contributed by atoms with Gasteiger partial charge in [-0.1, -0.05) is 23.9 Å². The summed E-state index contributed by atoms with van der Waals surface area (Å²) in [6.07, 6.45) is 3.28. The minimum atomic E-state index is -0.463. The molecule has 0 saturated carbocycles. The number of hydrogen-bond donors (Lipinski definition) is 1. The van der Waals surface area contributed by atoms with Crippen LogP contribution in [0.4, 0.5) is 5.00 Å². The van der Waals surface area contributed by atoms with Gasteiger partial charge in [-0.05, 0) is 56.4 Å². The van der Waals surface area contributed by atoms with Gasteiger partial charge in [0, 0.05) is 21.2 Å². The molecule has 0 fully saturated rings. The summed E-state index contributed by atoms with van der Waals surface area (Å²) in [6.45, 7) is 3.89. The maximum atomic E-state index is 13.0. The van der Waals surface area contributed by atoms with Gasteiger partial charge >= 0.3 is 5.97 Å². The molecule has 3 heterocycles. The summed E-state index contributed by atoms with van der Waals surface area (Å²) in [5.41, 5.74) is 3.26. The van der Waals surface area contributed by atoms with Crippen molar-refractivity contribution in [3.8, 4) is 16.9 Å². The second kappa shape index (κ2) is 10.6. The molecule has 0 bridgehead atoms. The van der Waals surface area contributed by atoms with E-state index in [1.165, 1.54) is 33.5 Å². The van der Waals surface area contributed by atoms with Crippen LogP contribution >= 0.6 is 34.4 Å². The summed E-state index contributed by atoms with van der Waals surface area (Å²) in [4.78, 5) is 37.5. The number of nitrogens with one attached hydrogen (secondary N) is 1. The number of thiophene rings is 2. The molecule has 1 amide bonds. The van der Waals surface area contributed by atoms with Crippen LogP contribution in [0.3, 0.4) is 0 Å². The summed E-state index contributed by atoms with van der Waals surface area (Å²) in [5.74, 6) is 0.938. The molecule has 0 spiro atoms. The van der Waals surface area contributed by atoms with E-state index in [2.05, 4.69) is 15.3 Å². The average molecular weight is 540 g/mol. The molecule has 0 atom stereocenters. The molecule has 1 aliphatic rings. The van der Waals surface area contributed by atoms with E-state index in [1.54, 1.807) is 25.4 Å². The molecular formula is C26H25N3O4S3. The Labute approximate surface area is 221 Å². The first-order valence-electron chi connectivity index (χ1n) is 11.6. The molecule has 5 rings (SSSR count). The van der Waals surface area contributed by atoms with Crippen molar-refractivity contribution in [1.29, 1.82) is 0 Å². The number of benzene rings is 1. The number of carbonyl (C=O) groups is 2. The second-order valence-corrected chi connectivity index (χ2v) is 11.2. The molecule has 1 aliphatic carbocycles. The van der Waals surface area contributed by atoms with Crippen LogP contribution in [-0.2, 0) is 22.4 Å². The van der Waals surface area contributed by atoms with Gasteiger partial charge in [0.2, 0.25) is 5.91 Å². The van der Waals surface area contributed by atoms with E-state index in [-0.39, 0.29) is 18.3 Å². The van der Waals surface area contributed by atoms with Crippen molar-refractivity contribution in [2.45, 2.75) is 38.1 Å². The van der Waals surface area contributed by atoms with Crippen molar-refractivity contribution < 1.29 is 19.1 Å². The summed E-state index contributed by atoms with van der Waals surface area (Å²) in [6, 6.07) is 7.44. The molecule has 0 saturated heterocycles. The molecular weight excluding hydrogens is 515 g/mol. The standard InChI is InChI=1S/C26H25N3O4S3/c1-4-33-26(31)22-18(15-8-10-16(32-3)11-9-15)12-34-24(22)29-20(30)13-35-23-21-17-6-5-7-19(17)36-25(21)28-14(2)27-23/h8-12H,4-7,13H2,1-3H3,(H,29,30). The van der Waals surface area contributed by atoms with Crippen LogP contribution in [0.25, 0.3) is 21.3 Å². The lowest BCUT2D eigenvalue weighted by molar-refractivity contribution is -0.113. The van der Waals surface area contributed by atoms with Crippen molar-refractivity contribution in [3.05, 3.63) is 51.5 Å². The van der Waals surface area contributed by atoms with Crippen molar-refractivity contribution >= 4 is 61.5 Å². The summed E-state index contributed by atoms with van der Waals surface area (Å²) < 4.78 is 10.5. The summed E-state index contributed by atoms with van der Waals surface area (Å²) in [7, 11) is 1.61. The molecule has 1 aromatic carbocycles. The number of methoxy groups -OCH3 is 1. The lowest BCUT2D eigenvalue weighted by Gasteiger charge is -2.10.